The van der Waals surface area contributed by atoms with Crippen LogP contribution < -0.4 is 5.32 Å². The zero-order valence-electron chi connectivity index (χ0n) is 9.69. The number of oxazole rings is 1. The molecule has 16 heavy (non-hydrogen) atoms. The molecule has 2 N–H and O–H groups in total. The second-order valence-electron chi connectivity index (χ2n) is 3.97. The molecule has 4 nitrogen and oxygen atoms in total. The van der Waals surface area contributed by atoms with Crippen LogP contribution in [0.15, 0.2) is 22.6 Å². The maximum absolute atomic E-state index is 9.64. The fourth-order valence-electron chi connectivity index (χ4n) is 1.94. The summed E-state index contributed by atoms with van der Waals surface area (Å²) in [7, 11) is 1.83. The van der Waals surface area contributed by atoms with Gasteiger partial charge in [0.05, 0.1) is 12.1 Å². The fraction of sp³-hybridized carbons (Fsp3) is 0.417. The van der Waals surface area contributed by atoms with Crippen molar-refractivity contribution in [2.75, 3.05) is 7.05 Å². The largest absolute Gasteiger partial charge is 0.441 e. The molecule has 0 aliphatic heterocycles. The van der Waals surface area contributed by atoms with Crippen molar-refractivity contribution in [3.05, 3.63) is 29.7 Å². The lowest BCUT2D eigenvalue weighted by molar-refractivity contribution is 0.150. The Labute approximate surface area is 94.3 Å². The average molecular weight is 220 g/mol. The summed E-state index contributed by atoms with van der Waals surface area (Å²) in [6.45, 7) is 3.59. The van der Waals surface area contributed by atoms with E-state index in [4.69, 9.17) is 4.42 Å². The Morgan fingerprint density at radius 3 is 2.81 bits per heavy atom. The molecule has 0 fully saturated rings. The summed E-state index contributed by atoms with van der Waals surface area (Å²) in [5, 5.41) is 12.7. The molecular formula is C12H16N2O2. The summed E-state index contributed by atoms with van der Waals surface area (Å²) in [6.07, 6.45) is -0.449. The van der Waals surface area contributed by atoms with Crippen LogP contribution in [-0.4, -0.2) is 23.2 Å². The maximum atomic E-state index is 9.64. The summed E-state index contributed by atoms with van der Waals surface area (Å²) < 4.78 is 5.40. The molecule has 0 amide bonds. The summed E-state index contributed by atoms with van der Waals surface area (Å²) in [6, 6.07) is 5.69. The van der Waals surface area contributed by atoms with Gasteiger partial charge in [-0.2, -0.15) is 0 Å². The molecule has 86 valence electrons. The van der Waals surface area contributed by atoms with E-state index in [0.717, 1.165) is 16.7 Å². The van der Waals surface area contributed by atoms with Crippen molar-refractivity contribution in [2.24, 2.45) is 0 Å². The second-order valence-corrected chi connectivity index (χ2v) is 3.97. The van der Waals surface area contributed by atoms with Crippen molar-refractivity contribution in [3.63, 3.8) is 0 Å². The Kier molecular flexibility index (Phi) is 2.94. The quantitative estimate of drug-likeness (QED) is 0.827. The van der Waals surface area contributed by atoms with Crippen molar-refractivity contribution >= 4 is 11.1 Å². The van der Waals surface area contributed by atoms with Crippen molar-refractivity contribution in [1.82, 2.24) is 10.3 Å². The Morgan fingerprint density at radius 2 is 2.19 bits per heavy atom. The van der Waals surface area contributed by atoms with Gasteiger partial charge in [-0.3, -0.25) is 0 Å². The number of hydrogen-bond acceptors (Lipinski definition) is 4. The molecular weight excluding hydrogens is 204 g/mol. The molecule has 2 atom stereocenters. The highest BCUT2D eigenvalue weighted by atomic mass is 16.3. The molecule has 2 unspecified atom stereocenters. The number of rotatable bonds is 3. The monoisotopic (exact) mass is 220 g/mol. The van der Waals surface area contributed by atoms with E-state index in [9.17, 15) is 5.11 Å². The van der Waals surface area contributed by atoms with Crippen LogP contribution in [0.5, 0.6) is 0 Å². The van der Waals surface area contributed by atoms with E-state index < -0.39 is 6.10 Å². The van der Waals surface area contributed by atoms with Crippen LogP contribution in [0.3, 0.4) is 0 Å². The first-order valence-corrected chi connectivity index (χ1v) is 5.34. The topological polar surface area (TPSA) is 58.3 Å². The van der Waals surface area contributed by atoms with E-state index in [1.54, 1.807) is 6.92 Å². The van der Waals surface area contributed by atoms with Gasteiger partial charge in [-0.25, -0.2) is 4.98 Å². The molecule has 1 aromatic heterocycles. The summed E-state index contributed by atoms with van der Waals surface area (Å²) in [5.41, 5.74) is 2.62. The van der Waals surface area contributed by atoms with Gasteiger partial charge >= 0.3 is 0 Å². The number of fused-ring (bicyclic) bond motifs is 1. The molecule has 4 heteroatoms. The zero-order chi connectivity index (χ0) is 11.7. The van der Waals surface area contributed by atoms with Crippen LogP contribution in [-0.2, 0) is 0 Å². The van der Waals surface area contributed by atoms with Gasteiger partial charge in [-0.15, -0.1) is 0 Å². The van der Waals surface area contributed by atoms with Gasteiger partial charge in [0.1, 0.15) is 5.52 Å². The van der Waals surface area contributed by atoms with Crippen LogP contribution in [0, 0.1) is 6.92 Å². The Bertz CT molecular complexity index is 491. The summed E-state index contributed by atoms with van der Waals surface area (Å²) in [4.78, 5) is 4.27. The van der Waals surface area contributed by atoms with E-state index in [1.165, 1.54) is 0 Å². The van der Waals surface area contributed by atoms with Crippen molar-refractivity contribution < 1.29 is 9.52 Å². The number of benzene rings is 1. The minimum atomic E-state index is -0.449. The fourth-order valence-corrected chi connectivity index (χ4v) is 1.94. The van der Waals surface area contributed by atoms with Gasteiger partial charge in [-0.05, 0) is 31.7 Å². The average Bonchev–Trinajstić information content (AvgIpc) is 2.57. The number of aromatic nitrogens is 1. The predicted molar refractivity (Wildman–Crippen MR) is 62.2 cm³/mol. The lowest BCUT2D eigenvalue weighted by Crippen LogP contribution is -2.26. The lowest BCUT2D eigenvalue weighted by atomic mass is 10.0. The van der Waals surface area contributed by atoms with Crippen LogP contribution >= 0.6 is 0 Å². The van der Waals surface area contributed by atoms with E-state index in [2.05, 4.69) is 10.3 Å². The highest BCUT2D eigenvalue weighted by molar-refractivity contribution is 5.73. The number of aryl methyl sites for hydroxylation is 1. The van der Waals surface area contributed by atoms with E-state index in [1.807, 2.05) is 32.2 Å². The molecule has 0 spiro atoms. The molecule has 2 aromatic rings. The van der Waals surface area contributed by atoms with Crippen LogP contribution in [0.25, 0.3) is 11.1 Å². The molecule has 2 rings (SSSR count). The molecule has 0 aliphatic rings. The molecule has 0 saturated carbocycles. The predicted octanol–water partition coefficient (Wildman–Crippen LogP) is 1.78. The molecule has 1 heterocycles. The van der Waals surface area contributed by atoms with Crippen molar-refractivity contribution in [3.8, 4) is 0 Å². The Balaban J connectivity index is 2.44. The van der Waals surface area contributed by atoms with Gasteiger partial charge in [-0.1, -0.05) is 6.07 Å². The van der Waals surface area contributed by atoms with Gasteiger partial charge < -0.3 is 14.8 Å². The molecule has 0 aliphatic carbocycles. The van der Waals surface area contributed by atoms with Crippen LogP contribution in [0.2, 0.25) is 0 Å². The van der Waals surface area contributed by atoms with Gasteiger partial charge in [0, 0.05) is 6.92 Å². The normalized spacial score (nSPS) is 15.2. The minimum Gasteiger partial charge on any atom is -0.441 e. The highest BCUT2D eigenvalue weighted by Gasteiger charge is 2.16. The van der Waals surface area contributed by atoms with Crippen molar-refractivity contribution in [2.45, 2.75) is 26.0 Å². The standard InChI is InChI=1S/C12H16N2O2/c1-7(15)12(13-3)9-4-5-11-10(6-9)14-8(2)16-11/h4-7,12-13,15H,1-3H3. The maximum Gasteiger partial charge on any atom is 0.192 e. The first-order valence-electron chi connectivity index (χ1n) is 5.34. The number of nitrogens with zero attached hydrogens (tertiary/aromatic N) is 1. The highest BCUT2D eigenvalue weighted by Crippen LogP contribution is 2.22. The summed E-state index contributed by atoms with van der Waals surface area (Å²) in [5.74, 6) is 0.658. The zero-order valence-corrected chi connectivity index (χ0v) is 9.69. The Morgan fingerprint density at radius 1 is 1.44 bits per heavy atom. The van der Waals surface area contributed by atoms with Gasteiger partial charge in [0.2, 0.25) is 0 Å². The molecule has 1 aromatic carbocycles. The van der Waals surface area contributed by atoms with E-state index in [-0.39, 0.29) is 6.04 Å². The number of aliphatic hydroxyl groups is 1. The second kappa shape index (κ2) is 4.23. The van der Waals surface area contributed by atoms with Crippen LogP contribution in [0.1, 0.15) is 24.4 Å². The first-order chi connectivity index (χ1) is 7.61. The third-order valence-corrected chi connectivity index (χ3v) is 2.67. The van der Waals surface area contributed by atoms with Gasteiger partial charge in [0.25, 0.3) is 0 Å². The first kappa shape index (κ1) is 11.1. The van der Waals surface area contributed by atoms with Crippen molar-refractivity contribution in [1.29, 1.82) is 0 Å². The van der Waals surface area contributed by atoms with Crippen LogP contribution in [0.4, 0.5) is 0 Å². The number of hydrogen-bond donors (Lipinski definition) is 2. The SMILES string of the molecule is CNC(c1ccc2oc(C)nc2c1)C(C)O. The van der Waals surface area contributed by atoms with E-state index >= 15 is 0 Å². The number of nitrogens with one attached hydrogen (secondary N) is 1. The Hall–Kier alpha value is -1.39. The lowest BCUT2D eigenvalue weighted by Gasteiger charge is -2.19. The molecule has 0 radical (unpaired) electrons. The third kappa shape index (κ3) is 1.94. The number of likely N-dealkylation sites (N-methyl/N-ethyl adjacent to an activating group) is 1. The van der Waals surface area contributed by atoms with E-state index in [0.29, 0.717) is 5.89 Å². The number of aliphatic hydroxyl groups excluding tert-OH is 1. The molecule has 0 saturated heterocycles. The summed E-state index contributed by atoms with van der Waals surface area (Å²) >= 11 is 0. The van der Waals surface area contributed by atoms with Gasteiger partial charge in [0.15, 0.2) is 11.5 Å². The molecule has 0 bridgehead atoms. The third-order valence-electron chi connectivity index (χ3n) is 2.67. The smallest absolute Gasteiger partial charge is 0.192 e. The minimum absolute atomic E-state index is 0.0820.